The summed E-state index contributed by atoms with van der Waals surface area (Å²) in [5, 5.41) is 22.9. The van der Waals surface area contributed by atoms with Crippen molar-refractivity contribution in [2.75, 3.05) is 11.9 Å². The number of nitrogens with zero attached hydrogens (tertiary/aromatic N) is 1. The van der Waals surface area contributed by atoms with E-state index in [1.165, 1.54) is 24.3 Å². The Labute approximate surface area is 164 Å². The van der Waals surface area contributed by atoms with E-state index >= 15 is 0 Å². The topological polar surface area (TPSA) is 119 Å². The second-order valence-corrected chi connectivity index (χ2v) is 6.88. The van der Waals surface area contributed by atoms with Crippen molar-refractivity contribution in [2.24, 2.45) is 0 Å². The SMILES string of the molecule is Cc1ccc(C(=O)OCC(=O)Nc2c(Br)cc([N+](=O)[O-])cc2Br)cc1O. The van der Waals surface area contributed by atoms with Crippen LogP contribution in [0.15, 0.2) is 39.3 Å². The number of halogens is 2. The fourth-order valence-electron chi connectivity index (χ4n) is 1.91. The number of nitro groups is 1. The zero-order chi connectivity index (χ0) is 19.4. The van der Waals surface area contributed by atoms with E-state index in [1.54, 1.807) is 13.0 Å². The molecule has 0 saturated heterocycles. The average molecular weight is 488 g/mol. The third kappa shape index (κ3) is 4.79. The molecule has 2 rings (SSSR count). The molecule has 0 aromatic heterocycles. The molecule has 2 N–H and O–H groups in total. The first-order chi connectivity index (χ1) is 12.2. The quantitative estimate of drug-likeness (QED) is 0.374. The van der Waals surface area contributed by atoms with Crippen LogP contribution in [0.25, 0.3) is 0 Å². The molecule has 0 spiro atoms. The highest BCUT2D eigenvalue weighted by Gasteiger charge is 2.17. The predicted molar refractivity (Wildman–Crippen MR) is 100 cm³/mol. The van der Waals surface area contributed by atoms with Crippen LogP contribution in [-0.2, 0) is 9.53 Å². The van der Waals surface area contributed by atoms with Gasteiger partial charge in [-0.15, -0.1) is 0 Å². The number of anilines is 1. The lowest BCUT2D eigenvalue weighted by atomic mass is 10.1. The van der Waals surface area contributed by atoms with Crippen molar-refractivity contribution < 1.29 is 24.4 Å². The summed E-state index contributed by atoms with van der Waals surface area (Å²) in [6, 6.07) is 6.75. The number of esters is 1. The number of hydrogen-bond acceptors (Lipinski definition) is 6. The average Bonchev–Trinajstić information content (AvgIpc) is 2.58. The van der Waals surface area contributed by atoms with Crippen LogP contribution in [0.5, 0.6) is 5.75 Å². The minimum Gasteiger partial charge on any atom is -0.508 e. The van der Waals surface area contributed by atoms with E-state index in [9.17, 15) is 24.8 Å². The minimum atomic E-state index is -0.766. The molecular formula is C16H12Br2N2O6. The Morgan fingerprint density at radius 1 is 1.23 bits per heavy atom. The highest BCUT2D eigenvalue weighted by molar-refractivity contribution is 9.11. The molecule has 0 atom stereocenters. The highest BCUT2D eigenvalue weighted by Crippen LogP contribution is 2.35. The van der Waals surface area contributed by atoms with E-state index in [4.69, 9.17) is 4.74 Å². The molecule has 1 amide bonds. The first-order valence-corrected chi connectivity index (χ1v) is 8.67. The first-order valence-electron chi connectivity index (χ1n) is 7.09. The van der Waals surface area contributed by atoms with Crippen molar-refractivity contribution in [1.29, 1.82) is 0 Å². The molecule has 0 heterocycles. The number of non-ortho nitro benzene ring substituents is 1. The number of carbonyl (C=O) groups excluding carboxylic acids is 2. The van der Waals surface area contributed by atoms with Crippen LogP contribution in [0.4, 0.5) is 11.4 Å². The van der Waals surface area contributed by atoms with Crippen molar-refractivity contribution in [3.63, 3.8) is 0 Å². The van der Waals surface area contributed by atoms with Crippen molar-refractivity contribution in [2.45, 2.75) is 6.92 Å². The Hall–Kier alpha value is -2.46. The molecule has 0 aliphatic rings. The number of aromatic hydroxyl groups is 1. The van der Waals surface area contributed by atoms with Crippen LogP contribution in [0, 0.1) is 17.0 Å². The molecule has 0 saturated carbocycles. The lowest BCUT2D eigenvalue weighted by molar-refractivity contribution is -0.385. The molecular weight excluding hydrogens is 476 g/mol. The molecule has 0 bridgehead atoms. The number of rotatable bonds is 5. The van der Waals surface area contributed by atoms with Gasteiger partial charge in [0, 0.05) is 21.1 Å². The normalized spacial score (nSPS) is 10.3. The molecule has 10 heteroatoms. The predicted octanol–water partition coefficient (Wildman–Crippen LogP) is 3.93. The number of nitro benzene ring substituents is 1. The van der Waals surface area contributed by atoms with Gasteiger partial charge in [-0.05, 0) is 56.5 Å². The molecule has 26 heavy (non-hydrogen) atoms. The molecule has 0 aliphatic carbocycles. The Morgan fingerprint density at radius 2 is 1.85 bits per heavy atom. The summed E-state index contributed by atoms with van der Waals surface area (Å²) < 4.78 is 5.48. The standard InChI is InChI=1S/C16H12Br2N2O6/c1-8-2-3-9(4-13(8)21)16(23)26-7-14(22)19-15-11(17)5-10(20(24)25)6-12(15)18/h2-6,21H,7H2,1H3,(H,19,22). The summed E-state index contributed by atoms with van der Waals surface area (Å²) in [6.45, 7) is 1.11. The van der Waals surface area contributed by atoms with Crippen LogP contribution in [0.3, 0.4) is 0 Å². The lowest BCUT2D eigenvalue weighted by Gasteiger charge is -2.10. The lowest BCUT2D eigenvalue weighted by Crippen LogP contribution is -2.21. The Balaban J connectivity index is 2.02. The summed E-state index contributed by atoms with van der Waals surface area (Å²) in [5.74, 6) is -1.45. The number of aryl methyl sites for hydroxylation is 1. The number of carbonyl (C=O) groups is 2. The van der Waals surface area contributed by atoms with E-state index in [0.717, 1.165) is 0 Å². The maximum absolute atomic E-state index is 12.0. The van der Waals surface area contributed by atoms with E-state index in [2.05, 4.69) is 37.2 Å². The number of hydrogen-bond donors (Lipinski definition) is 2. The maximum atomic E-state index is 12.0. The fourth-order valence-corrected chi connectivity index (χ4v) is 3.27. The zero-order valence-corrected chi connectivity index (χ0v) is 16.5. The Bertz CT molecular complexity index is 877. The monoisotopic (exact) mass is 486 g/mol. The van der Waals surface area contributed by atoms with E-state index < -0.39 is 23.4 Å². The van der Waals surface area contributed by atoms with E-state index in [-0.39, 0.29) is 22.7 Å². The highest BCUT2D eigenvalue weighted by atomic mass is 79.9. The van der Waals surface area contributed by atoms with Gasteiger partial charge >= 0.3 is 5.97 Å². The van der Waals surface area contributed by atoms with Gasteiger partial charge in [0.2, 0.25) is 0 Å². The van der Waals surface area contributed by atoms with Crippen molar-refractivity contribution in [3.8, 4) is 5.75 Å². The molecule has 2 aromatic rings. The van der Waals surface area contributed by atoms with Crippen LogP contribution < -0.4 is 5.32 Å². The summed E-state index contributed by atoms with van der Waals surface area (Å²) in [7, 11) is 0. The second-order valence-electron chi connectivity index (χ2n) is 5.17. The first kappa shape index (κ1) is 19.9. The number of phenols is 1. The summed E-state index contributed by atoms with van der Waals surface area (Å²) in [6.07, 6.45) is 0. The molecule has 0 unspecified atom stereocenters. The number of nitrogens with one attached hydrogen (secondary N) is 1. The molecule has 0 radical (unpaired) electrons. The van der Waals surface area contributed by atoms with E-state index in [0.29, 0.717) is 14.5 Å². The van der Waals surface area contributed by atoms with Gasteiger partial charge in [-0.3, -0.25) is 14.9 Å². The van der Waals surface area contributed by atoms with Gasteiger partial charge < -0.3 is 15.2 Å². The summed E-state index contributed by atoms with van der Waals surface area (Å²) in [5.41, 5.74) is 0.822. The van der Waals surface area contributed by atoms with Crippen LogP contribution in [0.2, 0.25) is 0 Å². The number of benzene rings is 2. The van der Waals surface area contributed by atoms with Gasteiger partial charge in [0.25, 0.3) is 11.6 Å². The number of amides is 1. The molecule has 0 fully saturated rings. The third-order valence-electron chi connectivity index (χ3n) is 3.28. The molecule has 0 aliphatic heterocycles. The number of ether oxygens (including phenoxy) is 1. The Kier molecular flexibility index (Phi) is 6.32. The van der Waals surface area contributed by atoms with Gasteiger partial charge in [-0.2, -0.15) is 0 Å². The third-order valence-corrected chi connectivity index (χ3v) is 4.53. The maximum Gasteiger partial charge on any atom is 0.338 e. The van der Waals surface area contributed by atoms with Crippen LogP contribution in [-0.4, -0.2) is 28.5 Å². The summed E-state index contributed by atoms with van der Waals surface area (Å²) in [4.78, 5) is 34.1. The van der Waals surface area contributed by atoms with E-state index in [1.807, 2.05) is 0 Å². The van der Waals surface area contributed by atoms with Gasteiger partial charge in [0.1, 0.15) is 5.75 Å². The van der Waals surface area contributed by atoms with Crippen molar-refractivity contribution >= 4 is 55.1 Å². The molecule has 2 aromatic carbocycles. The largest absolute Gasteiger partial charge is 0.508 e. The Morgan fingerprint density at radius 3 is 2.38 bits per heavy atom. The van der Waals surface area contributed by atoms with Crippen molar-refractivity contribution in [3.05, 3.63) is 60.5 Å². The minimum absolute atomic E-state index is 0.0531. The van der Waals surface area contributed by atoms with Crippen LogP contribution >= 0.6 is 31.9 Å². The van der Waals surface area contributed by atoms with Crippen molar-refractivity contribution in [1.82, 2.24) is 0 Å². The van der Waals surface area contributed by atoms with Gasteiger partial charge in [0.05, 0.1) is 16.2 Å². The van der Waals surface area contributed by atoms with Gasteiger partial charge in [0.15, 0.2) is 6.61 Å². The van der Waals surface area contributed by atoms with Gasteiger partial charge in [-0.1, -0.05) is 6.07 Å². The summed E-state index contributed by atoms with van der Waals surface area (Å²) >= 11 is 6.28. The van der Waals surface area contributed by atoms with Crippen LogP contribution in [0.1, 0.15) is 15.9 Å². The molecule has 136 valence electrons. The number of phenolic OH excluding ortho intramolecular Hbond substituents is 1. The molecule has 8 nitrogen and oxygen atoms in total. The second kappa shape index (κ2) is 8.28. The zero-order valence-electron chi connectivity index (χ0n) is 13.3. The van der Waals surface area contributed by atoms with Gasteiger partial charge in [-0.25, -0.2) is 4.79 Å². The fraction of sp³-hybridized carbons (Fsp3) is 0.125. The smallest absolute Gasteiger partial charge is 0.338 e.